The van der Waals surface area contributed by atoms with Crippen LogP contribution in [-0.2, 0) is 0 Å². The van der Waals surface area contributed by atoms with Crippen molar-refractivity contribution >= 4 is 0 Å². The molecule has 2 nitrogen and oxygen atoms in total. The molecule has 2 aromatic rings. The summed E-state index contributed by atoms with van der Waals surface area (Å²) in [5.74, 6) is 1.06. The molecular formula is C19H27NO. The second kappa shape index (κ2) is 6.95. The standard InChI is InChI=1S/C19H27NO/c1-6-20-19(16-9-10-21-12-16)17-8-7-15(13(2)3)11-18(17)14(4)5/h7-14,19-20H,6H2,1-5H3. The van der Waals surface area contributed by atoms with Gasteiger partial charge in [0.1, 0.15) is 0 Å². The third-order valence-electron chi connectivity index (χ3n) is 4.00. The molecule has 0 fully saturated rings. The molecule has 1 heterocycles. The second-order valence-corrected chi connectivity index (χ2v) is 6.25. The Morgan fingerprint density at radius 2 is 1.71 bits per heavy atom. The minimum atomic E-state index is 0.201. The third kappa shape index (κ3) is 3.56. The van der Waals surface area contributed by atoms with Crippen LogP contribution in [0.1, 0.15) is 74.8 Å². The SMILES string of the molecule is CCNC(c1ccoc1)c1ccc(C(C)C)cc1C(C)C. The largest absolute Gasteiger partial charge is 0.472 e. The number of hydrogen-bond acceptors (Lipinski definition) is 2. The normalized spacial score (nSPS) is 13.1. The lowest BCUT2D eigenvalue weighted by atomic mass is 9.87. The predicted octanol–water partition coefficient (Wildman–Crippen LogP) is 5.23. The van der Waals surface area contributed by atoms with Crippen molar-refractivity contribution in [3.8, 4) is 0 Å². The van der Waals surface area contributed by atoms with Gasteiger partial charge in [0, 0.05) is 5.56 Å². The Morgan fingerprint density at radius 1 is 0.952 bits per heavy atom. The Kier molecular flexibility index (Phi) is 5.24. The third-order valence-corrected chi connectivity index (χ3v) is 4.00. The average molecular weight is 285 g/mol. The molecule has 0 amide bonds. The zero-order chi connectivity index (χ0) is 15.4. The molecule has 2 rings (SSSR count). The molecule has 0 aliphatic rings. The van der Waals surface area contributed by atoms with E-state index < -0.39 is 0 Å². The number of benzene rings is 1. The lowest BCUT2D eigenvalue weighted by molar-refractivity contribution is 0.551. The molecular weight excluding hydrogens is 258 g/mol. The predicted molar refractivity (Wildman–Crippen MR) is 88.8 cm³/mol. The maximum atomic E-state index is 5.29. The van der Waals surface area contributed by atoms with Crippen molar-refractivity contribution in [1.29, 1.82) is 0 Å². The first-order valence-corrected chi connectivity index (χ1v) is 7.93. The van der Waals surface area contributed by atoms with Gasteiger partial charge in [-0.1, -0.05) is 52.8 Å². The van der Waals surface area contributed by atoms with Gasteiger partial charge in [0.2, 0.25) is 0 Å². The monoisotopic (exact) mass is 285 g/mol. The molecule has 21 heavy (non-hydrogen) atoms. The topological polar surface area (TPSA) is 25.2 Å². The number of furan rings is 1. The van der Waals surface area contributed by atoms with Crippen LogP contribution in [0.15, 0.2) is 41.2 Å². The van der Waals surface area contributed by atoms with E-state index in [2.05, 4.69) is 58.1 Å². The smallest absolute Gasteiger partial charge is 0.0953 e. The Balaban J connectivity index is 2.49. The van der Waals surface area contributed by atoms with Crippen LogP contribution >= 0.6 is 0 Å². The van der Waals surface area contributed by atoms with Crippen LogP contribution in [0.2, 0.25) is 0 Å². The van der Waals surface area contributed by atoms with E-state index in [0.29, 0.717) is 11.8 Å². The van der Waals surface area contributed by atoms with Gasteiger partial charge in [0.25, 0.3) is 0 Å². The fraction of sp³-hybridized carbons (Fsp3) is 0.474. The van der Waals surface area contributed by atoms with Crippen LogP contribution in [-0.4, -0.2) is 6.54 Å². The Labute approximate surface area is 128 Å². The Hall–Kier alpha value is -1.54. The van der Waals surface area contributed by atoms with E-state index in [-0.39, 0.29) is 6.04 Å². The fourth-order valence-corrected chi connectivity index (χ4v) is 2.77. The maximum absolute atomic E-state index is 5.29. The Bertz CT molecular complexity index is 555. The summed E-state index contributed by atoms with van der Waals surface area (Å²) in [5, 5.41) is 3.59. The van der Waals surface area contributed by atoms with E-state index >= 15 is 0 Å². The molecule has 0 radical (unpaired) electrons. The van der Waals surface area contributed by atoms with Gasteiger partial charge >= 0.3 is 0 Å². The summed E-state index contributed by atoms with van der Waals surface area (Å²) in [6.07, 6.45) is 3.59. The highest BCUT2D eigenvalue weighted by Crippen LogP contribution is 2.32. The van der Waals surface area contributed by atoms with Crippen LogP contribution in [0, 0.1) is 0 Å². The van der Waals surface area contributed by atoms with Crippen molar-refractivity contribution in [1.82, 2.24) is 5.32 Å². The van der Waals surface area contributed by atoms with Crippen LogP contribution < -0.4 is 5.32 Å². The molecule has 0 saturated carbocycles. The minimum Gasteiger partial charge on any atom is -0.472 e. The summed E-state index contributed by atoms with van der Waals surface area (Å²) >= 11 is 0. The molecule has 1 aromatic carbocycles. The molecule has 1 atom stereocenters. The number of hydrogen-bond donors (Lipinski definition) is 1. The van der Waals surface area contributed by atoms with Gasteiger partial charge in [-0.15, -0.1) is 0 Å². The van der Waals surface area contributed by atoms with E-state index in [1.807, 2.05) is 12.3 Å². The average Bonchev–Trinajstić information content (AvgIpc) is 2.98. The van der Waals surface area contributed by atoms with Crippen molar-refractivity contribution in [2.75, 3.05) is 6.54 Å². The van der Waals surface area contributed by atoms with Crippen molar-refractivity contribution in [3.63, 3.8) is 0 Å². The molecule has 1 unspecified atom stereocenters. The van der Waals surface area contributed by atoms with Gasteiger partial charge in [-0.2, -0.15) is 0 Å². The van der Waals surface area contributed by atoms with E-state index in [1.165, 1.54) is 22.3 Å². The van der Waals surface area contributed by atoms with Crippen LogP contribution in [0.25, 0.3) is 0 Å². The highest BCUT2D eigenvalue weighted by molar-refractivity contribution is 5.41. The Morgan fingerprint density at radius 3 is 2.24 bits per heavy atom. The maximum Gasteiger partial charge on any atom is 0.0953 e. The quantitative estimate of drug-likeness (QED) is 0.786. The lowest BCUT2D eigenvalue weighted by Gasteiger charge is -2.23. The molecule has 1 aromatic heterocycles. The summed E-state index contributed by atoms with van der Waals surface area (Å²) in [6.45, 7) is 12.1. The number of nitrogens with one attached hydrogen (secondary N) is 1. The van der Waals surface area contributed by atoms with Crippen molar-refractivity contribution < 1.29 is 4.42 Å². The molecule has 0 spiro atoms. The van der Waals surface area contributed by atoms with E-state index in [9.17, 15) is 0 Å². The van der Waals surface area contributed by atoms with E-state index in [1.54, 1.807) is 6.26 Å². The van der Waals surface area contributed by atoms with Gasteiger partial charge in [-0.3, -0.25) is 0 Å². The molecule has 2 heteroatoms. The summed E-state index contributed by atoms with van der Waals surface area (Å²) in [7, 11) is 0. The van der Waals surface area contributed by atoms with Gasteiger partial charge in [-0.05, 0) is 41.1 Å². The van der Waals surface area contributed by atoms with Gasteiger partial charge in [-0.25, -0.2) is 0 Å². The lowest BCUT2D eigenvalue weighted by Crippen LogP contribution is -2.23. The van der Waals surface area contributed by atoms with Crippen LogP contribution in [0.3, 0.4) is 0 Å². The van der Waals surface area contributed by atoms with Gasteiger partial charge in [0.15, 0.2) is 0 Å². The van der Waals surface area contributed by atoms with E-state index in [0.717, 1.165) is 6.54 Å². The summed E-state index contributed by atoms with van der Waals surface area (Å²) in [5.41, 5.74) is 5.38. The zero-order valence-corrected chi connectivity index (χ0v) is 13.8. The van der Waals surface area contributed by atoms with Crippen molar-refractivity contribution in [2.45, 2.75) is 52.5 Å². The van der Waals surface area contributed by atoms with Gasteiger partial charge in [0.05, 0.1) is 18.6 Å². The molecule has 0 aliphatic carbocycles. The minimum absolute atomic E-state index is 0.201. The zero-order valence-electron chi connectivity index (χ0n) is 13.8. The van der Waals surface area contributed by atoms with Gasteiger partial charge < -0.3 is 9.73 Å². The summed E-state index contributed by atoms with van der Waals surface area (Å²) < 4.78 is 5.29. The van der Waals surface area contributed by atoms with Crippen LogP contribution in [0.4, 0.5) is 0 Å². The highest BCUT2D eigenvalue weighted by atomic mass is 16.3. The highest BCUT2D eigenvalue weighted by Gasteiger charge is 2.19. The van der Waals surface area contributed by atoms with Crippen LogP contribution in [0.5, 0.6) is 0 Å². The summed E-state index contributed by atoms with van der Waals surface area (Å²) in [6, 6.07) is 9.16. The molecule has 0 bridgehead atoms. The van der Waals surface area contributed by atoms with Crippen molar-refractivity contribution in [3.05, 3.63) is 59.0 Å². The molecule has 114 valence electrons. The first kappa shape index (κ1) is 15.8. The molecule has 0 aliphatic heterocycles. The van der Waals surface area contributed by atoms with Crippen molar-refractivity contribution in [2.24, 2.45) is 0 Å². The second-order valence-electron chi connectivity index (χ2n) is 6.25. The molecule has 1 N–H and O–H groups in total. The first-order chi connectivity index (χ1) is 10.0. The fourth-order valence-electron chi connectivity index (χ4n) is 2.77. The van der Waals surface area contributed by atoms with E-state index in [4.69, 9.17) is 4.42 Å². The molecule has 0 saturated heterocycles. The number of rotatable bonds is 6. The summed E-state index contributed by atoms with van der Waals surface area (Å²) in [4.78, 5) is 0. The first-order valence-electron chi connectivity index (χ1n) is 7.93.